The number of nitrogens with zero attached hydrogens (tertiary/aromatic N) is 2. The molecular weight excluding hydrogens is 793 g/mol. The van der Waals surface area contributed by atoms with E-state index in [1.807, 2.05) is 76.2 Å². The predicted molar refractivity (Wildman–Crippen MR) is 238 cm³/mol. The van der Waals surface area contributed by atoms with Crippen LogP contribution in [0.5, 0.6) is 0 Å². The van der Waals surface area contributed by atoms with Gasteiger partial charge in [0.05, 0.1) is 6.04 Å². The first-order valence-corrected chi connectivity index (χ1v) is 22.1. The molecule has 0 spiro atoms. The Morgan fingerprint density at radius 3 is 1.42 bits per heavy atom. The van der Waals surface area contributed by atoms with Crippen molar-refractivity contribution in [3.05, 3.63) is 35.4 Å². The second-order valence-corrected chi connectivity index (χ2v) is 19.9. The topological polar surface area (TPSA) is 215 Å². The van der Waals surface area contributed by atoms with Crippen molar-refractivity contribution in [3.63, 3.8) is 0 Å². The van der Waals surface area contributed by atoms with E-state index in [-0.39, 0.29) is 90.9 Å². The zero-order valence-corrected chi connectivity index (χ0v) is 39.5. The van der Waals surface area contributed by atoms with Crippen LogP contribution in [-0.2, 0) is 28.8 Å². The number of likely N-dealkylation sites (N-methyl/N-ethyl adjacent to an activating group) is 1. The molecule has 2 aliphatic heterocycles. The van der Waals surface area contributed by atoms with E-state index in [4.69, 9.17) is 0 Å². The predicted octanol–water partition coefficient (Wildman–Crippen LogP) is 2.94. The Labute approximate surface area is 368 Å². The van der Waals surface area contributed by atoms with Crippen molar-refractivity contribution >= 4 is 47.1 Å². The van der Waals surface area contributed by atoms with Gasteiger partial charge in [-0.25, -0.2) is 0 Å². The molecule has 0 saturated carbocycles. The first-order valence-electron chi connectivity index (χ1n) is 22.1. The van der Waals surface area contributed by atoms with Crippen molar-refractivity contribution in [1.82, 2.24) is 41.7 Å². The molecule has 0 aliphatic carbocycles. The fourth-order valence-corrected chi connectivity index (χ4v) is 7.72. The summed E-state index contributed by atoms with van der Waals surface area (Å²) < 4.78 is 0. The molecule has 2 fully saturated rings. The number of likely N-dealkylation sites (tertiary alicyclic amines) is 2. The Hall–Kier alpha value is -4.86. The van der Waals surface area contributed by atoms with Gasteiger partial charge in [-0.2, -0.15) is 0 Å². The number of amides is 7. The molecule has 16 heteroatoms. The maximum Gasteiger partial charge on any atom is 0.251 e. The number of ketones is 1. The molecule has 2 aliphatic rings. The third-order valence-electron chi connectivity index (χ3n) is 11.8. The molecule has 0 bridgehead atoms. The highest BCUT2D eigenvalue weighted by atomic mass is 16.2. The fourth-order valence-electron chi connectivity index (χ4n) is 7.72. The van der Waals surface area contributed by atoms with Crippen LogP contribution in [0.25, 0.3) is 0 Å². The maximum atomic E-state index is 14.2. The minimum absolute atomic E-state index is 0.00266. The first kappa shape index (κ1) is 51.5. The van der Waals surface area contributed by atoms with E-state index in [9.17, 15) is 38.4 Å². The standard InChI is InChI=1S/C46H74N8O8/c1-15-27(6)38(56)52-37(46(11,12)13)44(62)54-24-32(21-35(54)42(60)49-26(4)5)51-40(58)30-18-16-29(17-19-30)39(57)50-31-20-34(41(59)48-25(2)3)53(23-31)43(61)33(45(8,9)10)22-36(55)28(7)47-14/h16-19,25-28,31-35,37,47H,15,20-24H2,1-14H3,(H,48,59)(H,49,60)(H,50,57)(H,51,58)(H,52,56)/t27-,28+,31+,32+,33-,34+,35+,37-/m1/s1. The lowest BCUT2D eigenvalue weighted by Gasteiger charge is -2.36. The molecule has 16 nitrogen and oxygen atoms in total. The maximum absolute atomic E-state index is 14.2. The van der Waals surface area contributed by atoms with E-state index in [2.05, 4.69) is 31.9 Å². The largest absolute Gasteiger partial charge is 0.352 e. The molecule has 6 N–H and O–H groups in total. The summed E-state index contributed by atoms with van der Waals surface area (Å²) in [4.78, 5) is 111. The Balaban J connectivity index is 1.78. The minimum Gasteiger partial charge on any atom is -0.352 e. The summed E-state index contributed by atoms with van der Waals surface area (Å²) in [7, 11) is 1.68. The monoisotopic (exact) mass is 867 g/mol. The average Bonchev–Trinajstić information content (AvgIpc) is 3.81. The Kier molecular flexibility index (Phi) is 17.8. The van der Waals surface area contributed by atoms with E-state index in [0.717, 1.165) is 0 Å². The summed E-state index contributed by atoms with van der Waals surface area (Å²) in [5.74, 6) is -3.72. The molecule has 346 valence electrons. The highest BCUT2D eigenvalue weighted by Gasteiger charge is 2.47. The molecule has 0 unspecified atom stereocenters. The lowest BCUT2D eigenvalue weighted by Crippen LogP contribution is -2.58. The highest BCUT2D eigenvalue weighted by molar-refractivity contribution is 5.99. The number of hydrogen-bond acceptors (Lipinski definition) is 9. The second-order valence-electron chi connectivity index (χ2n) is 19.9. The number of carbonyl (C=O) groups excluding carboxylic acids is 8. The van der Waals surface area contributed by atoms with Crippen molar-refractivity contribution < 1.29 is 38.4 Å². The van der Waals surface area contributed by atoms with Gasteiger partial charge in [0.1, 0.15) is 23.9 Å². The van der Waals surface area contributed by atoms with E-state index in [0.29, 0.717) is 6.42 Å². The van der Waals surface area contributed by atoms with Crippen molar-refractivity contribution in [2.24, 2.45) is 22.7 Å². The van der Waals surface area contributed by atoms with Crippen LogP contribution in [0.3, 0.4) is 0 Å². The SMILES string of the molecule is CC[C@@H](C)C(=O)N[C@H](C(=O)N1C[C@@H](NC(=O)c2ccc(C(=O)N[C@H]3C[C@@H](C(=O)NC(C)C)N(C(=O)[C@@H](CC(=O)[C@H](C)NC)C(C)(C)C)C3)cc2)C[C@H]1C(=O)NC(C)C)C(C)(C)C. The van der Waals surface area contributed by atoms with E-state index >= 15 is 0 Å². The van der Waals surface area contributed by atoms with E-state index in [1.54, 1.807) is 20.9 Å². The number of benzene rings is 1. The molecule has 8 atom stereocenters. The van der Waals surface area contributed by atoms with Gasteiger partial charge >= 0.3 is 0 Å². The summed E-state index contributed by atoms with van der Waals surface area (Å²) in [6, 6.07) is 1.40. The van der Waals surface area contributed by atoms with Crippen LogP contribution < -0.4 is 31.9 Å². The summed E-state index contributed by atoms with van der Waals surface area (Å²) in [6.07, 6.45) is 0.926. The first-order chi connectivity index (χ1) is 28.7. The third-order valence-corrected chi connectivity index (χ3v) is 11.8. The summed E-state index contributed by atoms with van der Waals surface area (Å²) in [5, 5.41) is 17.5. The van der Waals surface area contributed by atoms with Crippen molar-refractivity contribution in [1.29, 1.82) is 0 Å². The lowest BCUT2D eigenvalue weighted by molar-refractivity contribution is -0.146. The molecule has 62 heavy (non-hydrogen) atoms. The number of nitrogens with one attached hydrogen (secondary N) is 6. The molecule has 1 aromatic carbocycles. The van der Waals surface area contributed by atoms with Crippen LogP contribution in [-0.4, -0.2) is 125 Å². The van der Waals surface area contributed by atoms with Crippen molar-refractivity contribution in [2.75, 3.05) is 20.1 Å². The van der Waals surface area contributed by atoms with Gasteiger partial charge in [-0.05, 0) is 96.0 Å². The van der Waals surface area contributed by atoms with Gasteiger partial charge in [0.25, 0.3) is 11.8 Å². The molecular formula is C46H74N8O8. The Morgan fingerprint density at radius 2 is 1.06 bits per heavy atom. The van der Waals surface area contributed by atoms with Crippen LogP contribution in [0.4, 0.5) is 0 Å². The minimum atomic E-state index is -0.911. The smallest absolute Gasteiger partial charge is 0.251 e. The summed E-state index contributed by atoms with van der Waals surface area (Å²) in [5.41, 5.74) is -0.755. The van der Waals surface area contributed by atoms with Crippen LogP contribution in [0.1, 0.15) is 136 Å². The van der Waals surface area contributed by atoms with Crippen LogP contribution >= 0.6 is 0 Å². The van der Waals surface area contributed by atoms with Crippen LogP contribution in [0, 0.1) is 22.7 Å². The van der Waals surface area contributed by atoms with Gasteiger partial charge < -0.3 is 41.7 Å². The molecule has 0 aromatic heterocycles. The van der Waals surface area contributed by atoms with E-state index in [1.165, 1.54) is 34.1 Å². The molecule has 1 aromatic rings. The van der Waals surface area contributed by atoms with Crippen LogP contribution in [0.15, 0.2) is 24.3 Å². The third kappa shape index (κ3) is 13.6. The Morgan fingerprint density at radius 1 is 0.645 bits per heavy atom. The van der Waals surface area contributed by atoms with Gasteiger partial charge in [0.15, 0.2) is 0 Å². The molecule has 2 heterocycles. The quantitative estimate of drug-likeness (QED) is 0.136. The zero-order chi connectivity index (χ0) is 47.0. The number of hydrogen-bond donors (Lipinski definition) is 6. The number of carbonyl (C=O) groups is 8. The molecule has 7 amide bonds. The fraction of sp³-hybridized carbons (Fsp3) is 0.696. The molecule has 3 rings (SSSR count). The molecule has 0 radical (unpaired) electrons. The zero-order valence-electron chi connectivity index (χ0n) is 39.5. The second kappa shape index (κ2) is 21.5. The van der Waals surface area contributed by atoms with Gasteiger partial charge in [-0.1, -0.05) is 55.4 Å². The van der Waals surface area contributed by atoms with Gasteiger partial charge in [0.2, 0.25) is 29.5 Å². The van der Waals surface area contributed by atoms with Gasteiger partial charge in [-0.15, -0.1) is 0 Å². The van der Waals surface area contributed by atoms with Crippen molar-refractivity contribution in [2.45, 2.75) is 164 Å². The highest BCUT2D eigenvalue weighted by Crippen LogP contribution is 2.34. The number of rotatable bonds is 17. The number of Topliss-reactive ketones (excluding diaryl/α,β-unsaturated/α-hetero) is 1. The lowest BCUT2D eigenvalue weighted by atomic mass is 9.76. The summed E-state index contributed by atoms with van der Waals surface area (Å²) in [6.45, 7) is 24.1. The van der Waals surface area contributed by atoms with Gasteiger partial charge in [0, 0.05) is 66.6 Å². The normalized spacial score (nSPS) is 21.2. The van der Waals surface area contributed by atoms with Crippen LogP contribution in [0.2, 0.25) is 0 Å². The Bertz CT molecular complexity index is 1670. The summed E-state index contributed by atoms with van der Waals surface area (Å²) >= 11 is 0. The van der Waals surface area contributed by atoms with E-state index < -0.39 is 70.7 Å². The van der Waals surface area contributed by atoms with Gasteiger partial charge in [-0.3, -0.25) is 38.4 Å². The van der Waals surface area contributed by atoms with Crippen molar-refractivity contribution in [3.8, 4) is 0 Å². The molecule has 2 saturated heterocycles. The average molecular weight is 867 g/mol.